The summed E-state index contributed by atoms with van der Waals surface area (Å²) in [7, 11) is -1.34. The molecule has 13 aromatic rings. The first kappa shape index (κ1) is 43.4. The number of furan rings is 3. The van der Waals surface area contributed by atoms with E-state index in [1.165, 1.54) is 22.4 Å². The Morgan fingerprint density at radius 2 is 1.31 bits per heavy atom. The molecule has 0 atom stereocenters. The Morgan fingerprint density at radius 1 is 0.611 bits per heavy atom. The molecule has 5 heterocycles. The first-order valence-corrected chi connectivity index (χ1v) is 27.8. The molecule has 0 N–H and O–H groups in total. The van der Waals surface area contributed by atoms with Crippen LogP contribution in [0.15, 0.2) is 177 Å². The predicted molar refractivity (Wildman–Crippen MR) is 297 cm³/mol. The molecule has 8 heteroatoms. The van der Waals surface area contributed by atoms with Crippen molar-refractivity contribution in [2.24, 2.45) is 0 Å². The summed E-state index contributed by atoms with van der Waals surface area (Å²) in [6.07, 6.45) is 1.92. The average molecular weight is 1140 g/mol. The van der Waals surface area contributed by atoms with E-state index >= 15 is 0 Å². The normalized spacial score (nSPS) is 12.8. The van der Waals surface area contributed by atoms with E-state index in [-0.39, 0.29) is 31.9 Å². The van der Waals surface area contributed by atoms with E-state index in [0.29, 0.717) is 5.56 Å². The molecule has 5 aromatic heterocycles. The minimum Gasteiger partial charge on any atom is -0.501 e. The molecule has 0 amide bonds. The van der Waals surface area contributed by atoms with E-state index < -0.39 is 14.9 Å². The van der Waals surface area contributed by atoms with Crippen molar-refractivity contribution in [1.29, 1.82) is 0 Å². The first-order valence-electron chi connectivity index (χ1n) is 25.8. The van der Waals surface area contributed by atoms with Gasteiger partial charge in [0.2, 0.25) is 0 Å². The fourth-order valence-corrected chi connectivity index (χ4v) is 11.1. The van der Waals surface area contributed by atoms with Gasteiger partial charge in [0, 0.05) is 68.6 Å². The third kappa shape index (κ3) is 8.18. The zero-order chi connectivity index (χ0) is 51.2. The summed E-state index contributed by atoms with van der Waals surface area (Å²) in [5.74, 6) is 2.05. The number of benzene rings is 8. The molecular weight excluding hydrogens is 1080 g/mol. The second-order valence-electron chi connectivity index (χ2n) is 20.2. The second kappa shape index (κ2) is 18.4. The Bertz CT molecular complexity index is 4170. The number of hydrogen-bond acceptors (Lipinski definition) is 5. The number of pyridine rings is 1. The molecule has 0 aliphatic rings. The number of aryl methyl sites for hydroxylation is 1. The van der Waals surface area contributed by atoms with Crippen LogP contribution in [0.4, 0.5) is 0 Å². The van der Waals surface area contributed by atoms with Gasteiger partial charge in [-0.15, -0.1) is 53.6 Å². The summed E-state index contributed by atoms with van der Waals surface area (Å²) in [4.78, 5) is 9.93. The Labute approximate surface area is 437 Å². The Balaban J connectivity index is 0.000000243. The van der Waals surface area contributed by atoms with Gasteiger partial charge in [0.05, 0.1) is 30.5 Å². The van der Waals surface area contributed by atoms with Crippen molar-refractivity contribution in [2.45, 2.75) is 66.0 Å². The summed E-state index contributed by atoms with van der Waals surface area (Å²) >= 11 is 0. The van der Waals surface area contributed by atoms with Gasteiger partial charge in [0.1, 0.15) is 28.1 Å². The van der Waals surface area contributed by atoms with Gasteiger partial charge in [-0.25, -0.2) is 0 Å². The van der Waals surface area contributed by atoms with Crippen LogP contribution in [-0.4, -0.2) is 22.6 Å². The molecule has 0 unspecified atom stereocenters. The molecular formula is C64H53IrN3O3Si-2. The number of nitrogens with zero attached hydrogens (tertiary/aromatic N) is 3. The van der Waals surface area contributed by atoms with Crippen LogP contribution >= 0.6 is 0 Å². The van der Waals surface area contributed by atoms with Gasteiger partial charge in [-0.2, -0.15) is 0 Å². The molecule has 0 saturated heterocycles. The Hall–Kier alpha value is -7.35. The smallest absolute Gasteiger partial charge is 0.136 e. The standard InChI is InChI=1S/C49H35N2O3.C15H18NSi.Ir/c1-27(2)36-22-31(43-24-30-13-6-9-18-41(30)52-43)23-37(28(3)4)46(36)51-47-32-14-7-5-12-29(32)20-21-40(47)50-49(51)35-17-11-16-34-39-26-44-38(25-45(39)54-48(34)35)33-15-8-10-19-42(33)53-44;1-12-5-7-13(8-6-12)15-10-9-14(11-16-15)17(2,3)4;/h5-16,18-28H,1-4H3;5-7,9-11H,1-4H3;/q2*-1;/i;1D3;. The molecule has 1 radical (unpaired) electrons. The number of hydrogen-bond donors (Lipinski definition) is 0. The van der Waals surface area contributed by atoms with Gasteiger partial charge >= 0.3 is 0 Å². The largest absolute Gasteiger partial charge is 0.501 e. The van der Waals surface area contributed by atoms with Crippen molar-refractivity contribution >= 4 is 89.9 Å². The van der Waals surface area contributed by atoms with Crippen LogP contribution in [0.3, 0.4) is 0 Å². The maximum atomic E-state index is 7.35. The molecule has 13 rings (SSSR count). The molecule has 0 aliphatic carbocycles. The number of aromatic nitrogens is 3. The fraction of sp³-hybridized carbons (Fsp3) is 0.156. The van der Waals surface area contributed by atoms with Crippen molar-refractivity contribution in [3.05, 3.63) is 193 Å². The molecule has 0 spiro atoms. The van der Waals surface area contributed by atoms with Crippen molar-refractivity contribution in [3.8, 4) is 39.7 Å². The van der Waals surface area contributed by atoms with Gasteiger partial charge in [-0.05, 0) is 87.8 Å². The molecule has 0 saturated carbocycles. The van der Waals surface area contributed by atoms with Crippen LogP contribution < -0.4 is 5.19 Å². The molecule has 8 aromatic carbocycles. The van der Waals surface area contributed by atoms with E-state index in [4.69, 9.17) is 22.3 Å². The number of para-hydroxylation sites is 2. The van der Waals surface area contributed by atoms with E-state index in [9.17, 15) is 0 Å². The van der Waals surface area contributed by atoms with E-state index in [0.717, 1.165) is 116 Å². The van der Waals surface area contributed by atoms with Crippen molar-refractivity contribution in [3.63, 3.8) is 0 Å². The van der Waals surface area contributed by atoms with Crippen LogP contribution in [0.25, 0.3) is 116 Å². The first-order chi connectivity index (χ1) is 35.6. The van der Waals surface area contributed by atoms with Crippen LogP contribution in [0.1, 0.15) is 60.3 Å². The minimum atomic E-state index is -2.08. The molecule has 0 fully saturated rings. The molecule has 357 valence electrons. The van der Waals surface area contributed by atoms with Crippen LogP contribution in [0, 0.1) is 19.0 Å². The van der Waals surface area contributed by atoms with Crippen LogP contribution in [0.5, 0.6) is 0 Å². The number of fused-ring (bicyclic) bond motifs is 10. The van der Waals surface area contributed by atoms with Gasteiger partial charge in [-0.3, -0.25) is 4.98 Å². The van der Waals surface area contributed by atoms with E-state index in [1.807, 2.05) is 48.7 Å². The zero-order valence-corrected chi connectivity index (χ0v) is 44.5. The summed E-state index contributed by atoms with van der Waals surface area (Å²) < 4.78 is 44.1. The van der Waals surface area contributed by atoms with Crippen molar-refractivity contribution < 1.29 is 37.5 Å². The van der Waals surface area contributed by atoms with E-state index in [1.54, 1.807) is 12.1 Å². The summed E-state index contributed by atoms with van der Waals surface area (Å²) in [6, 6.07) is 60.0. The SMILES string of the molecule is CC(C)c1cc(-c2cc3ccccc3o2)cc(C(C)C)c1-n1c(-c2[c-]ccc3c2oc2cc4c(cc23)oc2ccccc24)nc2ccc3ccccc3c21.[2H]C([2H])([2H])c1c[c-]c(-c2ccc([Si](C)(C)C)cn2)cc1.[Ir]. The number of imidazole rings is 1. The van der Waals surface area contributed by atoms with E-state index in [2.05, 4.69) is 166 Å². The Kier molecular flexibility index (Phi) is 11.1. The van der Waals surface area contributed by atoms with Gasteiger partial charge in [0.25, 0.3) is 0 Å². The molecule has 0 bridgehead atoms. The summed E-state index contributed by atoms with van der Waals surface area (Å²) in [5, 5.41) is 8.81. The maximum absolute atomic E-state index is 7.35. The third-order valence-electron chi connectivity index (χ3n) is 13.8. The minimum absolute atomic E-state index is 0. The zero-order valence-electron chi connectivity index (χ0n) is 44.1. The van der Waals surface area contributed by atoms with Crippen molar-refractivity contribution in [1.82, 2.24) is 14.5 Å². The summed E-state index contributed by atoms with van der Waals surface area (Å²) in [6.45, 7) is 13.8. The summed E-state index contributed by atoms with van der Waals surface area (Å²) in [5.41, 5.74) is 13.5. The average Bonchev–Trinajstić information content (AvgIpc) is 4.26. The molecule has 0 aliphatic heterocycles. The Morgan fingerprint density at radius 3 is 1.99 bits per heavy atom. The van der Waals surface area contributed by atoms with Crippen LogP contribution in [0.2, 0.25) is 19.6 Å². The van der Waals surface area contributed by atoms with Gasteiger partial charge < -0.3 is 22.8 Å². The third-order valence-corrected chi connectivity index (χ3v) is 15.8. The predicted octanol–water partition coefficient (Wildman–Crippen LogP) is 17.5. The quantitative estimate of drug-likeness (QED) is 0.117. The topological polar surface area (TPSA) is 70.1 Å². The van der Waals surface area contributed by atoms with Gasteiger partial charge in [-0.1, -0.05) is 144 Å². The van der Waals surface area contributed by atoms with Crippen LogP contribution in [-0.2, 0) is 20.1 Å². The fourth-order valence-electron chi connectivity index (χ4n) is 10.0. The molecule has 72 heavy (non-hydrogen) atoms. The molecule has 6 nitrogen and oxygen atoms in total. The monoisotopic (exact) mass is 1140 g/mol. The number of rotatable bonds is 7. The maximum Gasteiger partial charge on any atom is 0.136 e. The van der Waals surface area contributed by atoms with Crippen molar-refractivity contribution in [2.75, 3.05) is 0 Å². The second-order valence-corrected chi connectivity index (χ2v) is 25.3. The van der Waals surface area contributed by atoms with Gasteiger partial charge in [0.15, 0.2) is 0 Å².